The predicted molar refractivity (Wildman–Crippen MR) is 114 cm³/mol. The van der Waals surface area contributed by atoms with Gasteiger partial charge >= 0.3 is 5.97 Å². The minimum Gasteiger partial charge on any atom is -0.458 e. The number of benzene rings is 3. The van der Waals surface area contributed by atoms with Crippen LogP contribution in [0.5, 0.6) is 0 Å². The molecule has 0 aliphatic heterocycles. The largest absolute Gasteiger partial charge is 0.458 e. The summed E-state index contributed by atoms with van der Waals surface area (Å²) < 4.78 is 23.8. The first kappa shape index (κ1) is 19.8. The molecular weight excluding hydrogens is 403 g/mol. The molecule has 3 aromatic carbocycles. The highest BCUT2D eigenvalue weighted by Gasteiger charge is 2.11. The summed E-state index contributed by atoms with van der Waals surface area (Å²) in [4.78, 5) is 11.8. The van der Waals surface area contributed by atoms with Gasteiger partial charge < -0.3 is 9.15 Å². The van der Waals surface area contributed by atoms with Crippen LogP contribution in [-0.4, -0.2) is 28.5 Å². The number of thioether (sulfide) groups is 1. The van der Waals surface area contributed by atoms with Crippen LogP contribution < -0.4 is 0 Å². The molecule has 0 bridgehead atoms. The monoisotopic (exact) mass is 420 g/mol. The predicted octanol–water partition coefficient (Wildman–Crippen LogP) is 5.53. The first-order chi connectivity index (χ1) is 14.7. The Balaban J connectivity index is 1.28. The van der Waals surface area contributed by atoms with Crippen LogP contribution in [0.2, 0.25) is 0 Å². The van der Waals surface area contributed by atoms with E-state index in [0.29, 0.717) is 22.4 Å². The summed E-state index contributed by atoms with van der Waals surface area (Å²) in [7, 11) is 0. The molecule has 0 saturated heterocycles. The summed E-state index contributed by atoms with van der Waals surface area (Å²) in [5, 5.41) is 10.9. The number of ether oxygens (including phenoxy) is 1. The minimum absolute atomic E-state index is 0.127. The first-order valence-corrected chi connectivity index (χ1v) is 10.2. The second kappa shape index (κ2) is 9.37. The molecular formula is C23H17FN2O3S. The summed E-state index contributed by atoms with van der Waals surface area (Å²) in [5.74, 6) is 0.175. The van der Waals surface area contributed by atoms with Crippen molar-refractivity contribution >= 4 is 28.5 Å². The average Bonchev–Trinajstić information content (AvgIpc) is 3.25. The highest BCUT2D eigenvalue weighted by molar-refractivity contribution is 7.99. The van der Waals surface area contributed by atoms with Crippen LogP contribution in [0.4, 0.5) is 4.39 Å². The van der Waals surface area contributed by atoms with Gasteiger partial charge in [-0.25, -0.2) is 9.18 Å². The molecule has 0 atom stereocenters. The highest BCUT2D eigenvalue weighted by Crippen LogP contribution is 2.29. The number of rotatable bonds is 7. The van der Waals surface area contributed by atoms with E-state index in [-0.39, 0.29) is 6.61 Å². The van der Waals surface area contributed by atoms with E-state index < -0.39 is 11.8 Å². The fraction of sp³-hybridized carbons (Fsp3) is 0.0870. The Hall–Kier alpha value is -3.45. The minimum atomic E-state index is -0.496. The molecule has 0 unspecified atom stereocenters. The van der Waals surface area contributed by atoms with Gasteiger partial charge in [0.05, 0.1) is 5.56 Å². The zero-order valence-corrected chi connectivity index (χ0v) is 16.6. The van der Waals surface area contributed by atoms with Crippen LogP contribution in [0.15, 0.2) is 88.5 Å². The zero-order valence-electron chi connectivity index (χ0n) is 15.8. The molecule has 30 heavy (non-hydrogen) atoms. The summed E-state index contributed by atoms with van der Waals surface area (Å²) >= 11 is 1.39. The highest BCUT2D eigenvalue weighted by atomic mass is 32.2. The van der Waals surface area contributed by atoms with E-state index in [1.807, 2.05) is 48.5 Å². The van der Waals surface area contributed by atoms with Crippen LogP contribution >= 0.6 is 11.8 Å². The lowest BCUT2D eigenvalue weighted by Crippen LogP contribution is -2.04. The smallest absolute Gasteiger partial charge is 0.338 e. The van der Waals surface area contributed by atoms with Crippen molar-refractivity contribution in [1.29, 1.82) is 0 Å². The van der Waals surface area contributed by atoms with Gasteiger partial charge in [0.15, 0.2) is 0 Å². The van der Waals surface area contributed by atoms with Crippen molar-refractivity contribution in [3.8, 4) is 11.5 Å². The lowest BCUT2D eigenvalue weighted by Gasteiger charge is -2.01. The average molecular weight is 420 g/mol. The van der Waals surface area contributed by atoms with Crippen LogP contribution in [0.25, 0.3) is 22.2 Å². The molecule has 5 nitrogen and oxygen atoms in total. The standard InChI is InChI=1S/C23H17FN2O3S/c24-18-12-10-17(11-13-18)22(27)28-14-3-4-15-30-23-26-25-21(29-23)20-9-5-7-16-6-1-2-8-19(16)20/h1-13H,14-15H2. The molecule has 150 valence electrons. The van der Waals surface area contributed by atoms with Crippen molar-refractivity contribution in [2.45, 2.75) is 5.22 Å². The summed E-state index contributed by atoms with van der Waals surface area (Å²) in [6.45, 7) is 0.127. The van der Waals surface area contributed by atoms with E-state index in [4.69, 9.17) is 9.15 Å². The molecule has 4 rings (SSSR count). The third-order valence-corrected chi connectivity index (χ3v) is 5.06. The molecule has 0 saturated carbocycles. The summed E-state index contributed by atoms with van der Waals surface area (Å²) in [6.07, 6.45) is 3.58. The quantitative estimate of drug-likeness (QED) is 0.222. The van der Waals surface area contributed by atoms with Gasteiger partial charge in [0.25, 0.3) is 5.22 Å². The van der Waals surface area contributed by atoms with E-state index in [9.17, 15) is 9.18 Å². The SMILES string of the molecule is O=C(OCC=CCSc1nnc(-c2cccc3ccccc23)o1)c1ccc(F)cc1. The lowest BCUT2D eigenvalue weighted by molar-refractivity contribution is 0.0549. The van der Waals surface area contributed by atoms with Crippen molar-refractivity contribution in [3.05, 3.63) is 90.3 Å². The van der Waals surface area contributed by atoms with E-state index in [1.165, 1.54) is 36.0 Å². The van der Waals surface area contributed by atoms with Crippen molar-refractivity contribution < 1.29 is 18.3 Å². The number of fused-ring (bicyclic) bond motifs is 1. The van der Waals surface area contributed by atoms with E-state index in [2.05, 4.69) is 10.2 Å². The Morgan fingerprint density at radius 2 is 1.80 bits per heavy atom. The van der Waals surface area contributed by atoms with Gasteiger partial charge in [0, 0.05) is 11.3 Å². The van der Waals surface area contributed by atoms with Crippen molar-refractivity contribution in [2.24, 2.45) is 0 Å². The Labute approximate surface area is 176 Å². The molecule has 0 spiro atoms. The maximum Gasteiger partial charge on any atom is 0.338 e. The van der Waals surface area contributed by atoms with Crippen LogP contribution in [-0.2, 0) is 4.74 Å². The number of esters is 1. The molecule has 7 heteroatoms. The number of carbonyl (C=O) groups is 1. The van der Waals surface area contributed by atoms with Crippen LogP contribution in [0.3, 0.4) is 0 Å². The number of hydrogen-bond donors (Lipinski definition) is 0. The lowest BCUT2D eigenvalue weighted by atomic mass is 10.0. The van der Waals surface area contributed by atoms with E-state index in [0.717, 1.165) is 16.3 Å². The Morgan fingerprint density at radius 1 is 1.00 bits per heavy atom. The Kier molecular flexibility index (Phi) is 6.20. The second-order valence-corrected chi connectivity index (χ2v) is 7.26. The van der Waals surface area contributed by atoms with Gasteiger partial charge in [-0.1, -0.05) is 60.3 Å². The molecule has 0 radical (unpaired) electrons. The van der Waals surface area contributed by atoms with Gasteiger partial charge in [-0.2, -0.15) is 0 Å². The second-order valence-electron chi connectivity index (χ2n) is 6.29. The molecule has 4 aromatic rings. The van der Waals surface area contributed by atoms with E-state index >= 15 is 0 Å². The molecule has 0 aliphatic carbocycles. The zero-order chi connectivity index (χ0) is 20.8. The van der Waals surface area contributed by atoms with Gasteiger partial charge in [-0.15, -0.1) is 10.2 Å². The third kappa shape index (κ3) is 4.75. The molecule has 0 fully saturated rings. The third-order valence-electron chi connectivity index (χ3n) is 4.29. The van der Waals surface area contributed by atoms with Crippen LogP contribution in [0, 0.1) is 5.82 Å². The number of carbonyl (C=O) groups excluding carboxylic acids is 1. The number of nitrogens with zero attached hydrogens (tertiary/aromatic N) is 2. The number of hydrogen-bond acceptors (Lipinski definition) is 6. The van der Waals surface area contributed by atoms with Gasteiger partial charge in [-0.05, 0) is 41.1 Å². The van der Waals surface area contributed by atoms with Gasteiger partial charge in [0.1, 0.15) is 12.4 Å². The van der Waals surface area contributed by atoms with Crippen molar-refractivity contribution in [1.82, 2.24) is 10.2 Å². The summed E-state index contributed by atoms with van der Waals surface area (Å²) in [6, 6.07) is 19.2. The van der Waals surface area contributed by atoms with Crippen LogP contribution in [0.1, 0.15) is 10.4 Å². The molecule has 0 aliphatic rings. The molecule has 1 aromatic heterocycles. The summed E-state index contributed by atoms with van der Waals surface area (Å²) in [5.41, 5.74) is 1.21. The maximum atomic E-state index is 12.9. The number of aromatic nitrogens is 2. The van der Waals surface area contributed by atoms with Gasteiger partial charge in [-0.3, -0.25) is 0 Å². The Morgan fingerprint density at radius 3 is 2.67 bits per heavy atom. The Bertz CT molecular complexity index is 1180. The molecule has 1 heterocycles. The van der Waals surface area contributed by atoms with Crippen molar-refractivity contribution in [2.75, 3.05) is 12.4 Å². The van der Waals surface area contributed by atoms with E-state index in [1.54, 1.807) is 6.08 Å². The fourth-order valence-corrected chi connectivity index (χ4v) is 3.45. The topological polar surface area (TPSA) is 65.2 Å². The first-order valence-electron chi connectivity index (χ1n) is 9.23. The molecule has 0 amide bonds. The van der Waals surface area contributed by atoms with Crippen molar-refractivity contribution in [3.63, 3.8) is 0 Å². The maximum absolute atomic E-state index is 12.9. The molecule has 0 N–H and O–H groups in total. The normalized spacial score (nSPS) is 11.2. The van der Waals surface area contributed by atoms with Gasteiger partial charge in [0.2, 0.25) is 5.89 Å². The number of halogens is 1. The fourth-order valence-electron chi connectivity index (χ4n) is 2.84.